The van der Waals surface area contributed by atoms with E-state index in [9.17, 15) is 9.00 Å². The maximum absolute atomic E-state index is 12.4. The third-order valence-electron chi connectivity index (χ3n) is 3.51. The third-order valence-corrected chi connectivity index (χ3v) is 6.02. The first-order chi connectivity index (χ1) is 13.1. The number of nitrogens with one attached hydrogen (secondary N) is 1. The quantitative estimate of drug-likeness (QED) is 0.486. The Bertz CT molecular complexity index is 954. The molecule has 0 aliphatic carbocycles. The molecule has 6 nitrogen and oxygen atoms in total. The Morgan fingerprint density at radius 3 is 2.59 bits per heavy atom. The summed E-state index contributed by atoms with van der Waals surface area (Å²) in [6, 6.07) is 16.8. The Morgan fingerprint density at radius 2 is 1.89 bits per heavy atom. The van der Waals surface area contributed by atoms with E-state index in [2.05, 4.69) is 15.5 Å². The van der Waals surface area contributed by atoms with Gasteiger partial charge in [-0.25, -0.2) is 0 Å². The number of rotatable bonds is 7. The minimum absolute atomic E-state index is 0.316. The van der Waals surface area contributed by atoms with Crippen LogP contribution in [0.15, 0.2) is 65.0 Å². The van der Waals surface area contributed by atoms with Gasteiger partial charge >= 0.3 is 0 Å². The van der Waals surface area contributed by atoms with E-state index in [0.29, 0.717) is 15.2 Å². The molecule has 0 unspecified atom stereocenters. The number of benzene rings is 2. The Hall–Kier alpha value is -2.84. The van der Waals surface area contributed by atoms with Gasteiger partial charge in [0.05, 0.1) is 23.7 Å². The zero-order chi connectivity index (χ0) is 19.1. The van der Waals surface area contributed by atoms with Crippen LogP contribution in [0.5, 0.6) is 5.75 Å². The summed E-state index contributed by atoms with van der Waals surface area (Å²) in [5.41, 5.74) is 1.83. The first kappa shape index (κ1) is 18.9. The zero-order valence-corrected chi connectivity index (χ0v) is 16.1. The van der Waals surface area contributed by atoms with Gasteiger partial charge in [0, 0.05) is 6.08 Å². The Morgan fingerprint density at radius 1 is 1.15 bits per heavy atom. The molecular weight excluding hydrogens is 382 g/mol. The number of amides is 1. The lowest BCUT2D eigenvalue weighted by Crippen LogP contribution is -2.07. The molecule has 8 heteroatoms. The fourth-order valence-corrected chi connectivity index (χ4v) is 4.19. The van der Waals surface area contributed by atoms with Crippen LogP contribution in [0.25, 0.3) is 6.08 Å². The molecule has 1 atom stereocenters. The lowest BCUT2D eigenvalue weighted by molar-refractivity contribution is -0.111. The highest BCUT2D eigenvalue weighted by Crippen LogP contribution is 2.21. The van der Waals surface area contributed by atoms with Crippen molar-refractivity contribution in [3.05, 3.63) is 71.8 Å². The van der Waals surface area contributed by atoms with Crippen molar-refractivity contribution in [1.82, 2.24) is 10.2 Å². The van der Waals surface area contributed by atoms with Gasteiger partial charge in [-0.1, -0.05) is 53.8 Å². The molecule has 27 heavy (non-hydrogen) atoms. The van der Waals surface area contributed by atoms with Crippen molar-refractivity contribution in [2.45, 2.75) is 10.1 Å². The maximum atomic E-state index is 12.4. The molecule has 3 rings (SSSR count). The van der Waals surface area contributed by atoms with Crippen molar-refractivity contribution in [3.8, 4) is 5.75 Å². The van der Waals surface area contributed by atoms with Crippen LogP contribution in [-0.2, 0) is 21.3 Å². The van der Waals surface area contributed by atoms with Crippen LogP contribution in [0.2, 0.25) is 0 Å². The fraction of sp³-hybridized carbons (Fsp3) is 0.105. The molecule has 3 aromatic rings. The van der Waals surface area contributed by atoms with Crippen molar-refractivity contribution in [2.24, 2.45) is 0 Å². The second-order valence-electron chi connectivity index (χ2n) is 5.44. The molecule has 1 heterocycles. The minimum Gasteiger partial charge on any atom is -0.497 e. The average Bonchev–Trinajstić information content (AvgIpc) is 3.16. The predicted molar refractivity (Wildman–Crippen MR) is 107 cm³/mol. The Balaban J connectivity index is 1.57. The molecule has 0 spiro atoms. The van der Waals surface area contributed by atoms with Crippen molar-refractivity contribution in [3.63, 3.8) is 0 Å². The van der Waals surface area contributed by atoms with Gasteiger partial charge in [-0.3, -0.25) is 14.3 Å². The largest absolute Gasteiger partial charge is 0.497 e. The van der Waals surface area contributed by atoms with E-state index < -0.39 is 10.8 Å². The maximum Gasteiger partial charge on any atom is 0.250 e. The van der Waals surface area contributed by atoms with Gasteiger partial charge in [0.25, 0.3) is 0 Å². The van der Waals surface area contributed by atoms with E-state index in [1.807, 2.05) is 54.6 Å². The lowest BCUT2D eigenvalue weighted by Gasteiger charge is -1.99. The van der Waals surface area contributed by atoms with Gasteiger partial charge in [0.2, 0.25) is 15.4 Å². The number of aromatic nitrogens is 2. The van der Waals surface area contributed by atoms with Crippen LogP contribution in [-0.4, -0.2) is 27.4 Å². The number of carbonyl (C=O) groups excluding carboxylic acids is 1. The van der Waals surface area contributed by atoms with Gasteiger partial charge < -0.3 is 4.74 Å². The van der Waals surface area contributed by atoms with Crippen molar-refractivity contribution in [1.29, 1.82) is 0 Å². The Labute approximate surface area is 163 Å². The van der Waals surface area contributed by atoms with Gasteiger partial charge in [0.1, 0.15) is 5.75 Å². The summed E-state index contributed by atoms with van der Waals surface area (Å²) in [5.74, 6) is 0.782. The van der Waals surface area contributed by atoms with Gasteiger partial charge in [-0.15, -0.1) is 10.2 Å². The molecule has 2 aromatic carbocycles. The molecule has 138 valence electrons. The van der Waals surface area contributed by atoms with Gasteiger partial charge in [-0.05, 0) is 29.3 Å². The number of ether oxygens (including phenoxy) is 1. The van der Waals surface area contributed by atoms with E-state index in [-0.39, 0.29) is 5.91 Å². The number of nitrogens with zero attached hydrogens (tertiary/aromatic N) is 2. The molecule has 0 aliphatic rings. The minimum atomic E-state index is -1.30. The summed E-state index contributed by atoms with van der Waals surface area (Å²) >= 11 is 1.11. The second kappa shape index (κ2) is 9.20. The summed E-state index contributed by atoms with van der Waals surface area (Å²) in [7, 11) is 0.297. The normalized spacial score (nSPS) is 12.0. The van der Waals surface area contributed by atoms with Gasteiger partial charge in [-0.2, -0.15) is 0 Å². The summed E-state index contributed by atoms with van der Waals surface area (Å²) < 4.78 is 17.8. The molecule has 0 saturated carbocycles. The summed E-state index contributed by atoms with van der Waals surface area (Å²) in [6.07, 6.45) is 3.09. The molecule has 0 aliphatic heterocycles. The topological polar surface area (TPSA) is 81.2 Å². The molecule has 1 amide bonds. The number of methoxy groups -OCH3 is 1. The van der Waals surface area contributed by atoms with Gasteiger partial charge in [0.15, 0.2) is 0 Å². The van der Waals surface area contributed by atoms with E-state index in [1.54, 1.807) is 13.2 Å². The molecule has 0 saturated heterocycles. The van der Waals surface area contributed by atoms with Crippen LogP contribution >= 0.6 is 11.3 Å². The highest BCUT2D eigenvalue weighted by Gasteiger charge is 2.13. The molecular formula is C19H17N3O3S2. The van der Waals surface area contributed by atoms with E-state index >= 15 is 0 Å². The van der Waals surface area contributed by atoms with Crippen LogP contribution in [0.3, 0.4) is 0 Å². The monoisotopic (exact) mass is 399 g/mol. The molecule has 0 radical (unpaired) electrons. The summed E-state index contributed by atoms with van der Waals surface area (Å²) in [6.45, 7) is 0. The Kier molecular flexibility index (Phi) is 6.45. The number of anilines is 1. The van der Waals surface area contributed by atoms with E-state index in [0.717, 1.165) is 28.2 Å². The highest BCUT2D eigenvalue weighted by molar-refractivity contribution is 7.86. The van der Waals surface area contributed by atoms with Crippen LogP contribution in [0.4, 0.5) is 5.13 Å². The zero-order valence-electron chi connectivity index (χ0n) is 14.5. The SMILES string of the molecule is COc1ccc(/C=C\C(=O)Nc2nnc([S@@](=O)Cc3ccccc3)s2)cc1. The first-order valence-electron chi connectivity index (χ1n) is 8.03. The molecule has 0 bridgehead atoms. The van der Waals surface area contributed by atoms with E-state index in [4.69, 9.17) is 4.74 Å². The van der Waals surface area contributed by atoms with Crippen molar-refractivity contribution >= 4 is 39.3 Å². The smallest absolute Gasteiger partial charge is 0.250 e. The van der Waals surface area contributed by atoms with Crippen molar-refractivity contribution in [2.75, 3.05) is 12.4 Å². The standard InChI is InChI=1S/C19H17N3O3S2/c1-25-16-10-7-14(8-11-16)9-12-17(23)20-18-21-22-19(26-18)27(24)13-15-5-3-2-4-6-15/h2-12H,13H2,1H3,(H,20,21,23)/b12-9-/t27-/m0/s1. The highest BCUT2D eigenvalue weighted by atomic mass is 32.2. The van der Waals surface area contributed by atoms with E-state index in [1.165, 1.54) is 6.08 Å². The first-order valence-corrected chi connectivity index (χ1v) is 10.2. The number of carbonyl (C=O) groups is 1. The lowest BCUT2D eigenvalue weighted by atomic mass is 10.2. The molecule has 0 fully saturated rings. The van der Waals surface area contributed by atoms with Crippen LogP contribution in [0, 0.1) is 0 Å². The number of hydrogen-bond donors (Lipinski definition) is 1. The predicted octanol–water partition coefficient (Wildman–Crippen LogP) is 3.51. The van der Waals surface area contributed by atoms with Crippen LogP contribution in [0.1, 0.15) is 11.1 Å². The van der Waals surface area contributed by atoms with Crippen molar-refractivity contribution < 1.29 is 13.7 Å². The number of hydrogen-bond acceptors (Lipinski definition) is 6. The van der Waals surface area contributed by atoms with Crippen LogP contribution < -0.4 is 10.1 Å². The average molecular weight is 399 g/mol. The second-order valence-corrected chi connectivity index (χ2v) is 8.05. The molecule has 1 aromatic heterocycles. The molecule has 1 N–H and O–H groups in total. The fourth-order valence-electron chi connectivity index (χ4n) is 2.17. The summed E-state index contributed by atoms with van der Waals surface area (Å²) in [4.78, 5) is 12.0. The third kappa shape index (κ3) is 5.57. The summed E-state index contributed by atoms with van der Waals surface area (Å²) in [5, 5.41) is 10.8.